The Hall–Kier alpha value is -1.42. The lowest BCUT2D eigenvalue weighted by atomic mass is 9.77. The fraction of sp³-hybridized carbons (Fsp3) is 0.588. The van der Waals surface area contributed by atoms with Crippen LogP contribution in [0.1, 0.15) is 44.8 Å². The summed E-state index contributed by atoms with van der Waals surface area (Å²) in [7, 11) is 0. The molecule has 1 saturated carbocycles. The maximum Gasteiger partial charge on any atom is 0.238 e. The third kappa shape index (κ3) is 2.57. The minimum atomic E-state index is -0.323. The molecule has 1 aromatic rings. The molecule has 1 N–H and O–H groups in total. The summed E-state index contributed by atoms with van der Waals surface area (Å²) in [6.45, 7) is 4.78. The summed E-state index contributed by atoms with van der Waals surface area (Å²) in [4.78, 5) is 14.3. The highest BCUT2D eigenvalue weighted by Gasteiger charge is 2.42. The molecule has 0 bridgehead atoms. The molecule has 0 spiro atoms. The molecular formula is C17H23FN2O. The molecule has 3 nitrogen and oxygen atoms in total. The third-order valence-corrected chi connectivity index (χ3v) is 5.23. The number of amides is 1. The van der Waals surface area contributed by atoms with Gasteiger partial charge < -0.3 is 4.90 Å². The Labute approximate surface area is 125 Å². The monoisotopic (exact) mass is 290 g/mol. The van der Waals surface area contributed by atoms with Crippen LogP contribution in [0.15, 0.2) is 24.3 Å². The van der Waals surface area contributed by atoms with Crippen molar-refractivity contribution in [1.29, 1.82) is 0 Å². The Bertz CT molecular complexity index is 533. The van der Waals surface area contributed by atoms with Crippen LogP contribution in [0.5, 0.6) is 0 Å². The molecule has 1 amide bonds. The highest BCUT2D eigenvalue weighted by atomic mass is 19.1. The second kappa shape index (κ2) is 5.76. The van der Waals surface area contributed by atoms with Crippen LogP contribution in [-0.4, -0.2) is 23.4 Å². The number of hydrogen-bond donors (Lipinski definition) is 1. The van der Waals surface area contributed by atoms with Gasteiger partial charge in [0.05, 0.1) is 6.54 Å². The summed E-state index contributed by atoms with van der Waals surface area (Å²) in [5, 5.41) is 3.18. The molecule has 114 valence electrons. The van der Waals surface area contributed by atoms with Crippen molar-refractivity contribution >= 4 is 5.91 Å². The van der Waals surface area contributed by atoms with E-state index in [4.69, 9.17) is 0 Å². The fourth-order valence-electron chi connectivity index (χ4n) is 3.80. The largest absolute Gasteiger partial charge is 0.318 e. The predicted molar refractivity (Wildman–Crippen MR) is 80.0 cm³/mol. The summed E-state index contributed by atoms with van der Waals surface area (Å²) in [6.07, 6.45) is 3.06. The van der Waals surface area contributed by atoms with Crippen molar-refractivity contribution < 1.29 is 9.18 Å². The van der Waals surface area contributed by atoms with Gasteiger partial charge in [-0.1, -0.05) is 44.9 Å². The number of rotatable bonds is 2. The summed E-state index contributed by atoms with van der Waals surface area (Å²) < 4.78 is 14.1. The first-order chi connectivity index (χ1) is 10.1. The SMILES string of the molecule is CC1CCCC(N2C(=O)CNC2c2ccccc2F)C1C. The van der Waals surface area contributed by atoms with Crippen LogP contribution >= 0.6 is 0 Å². The van der Waals surface area contributed by atoms with Crippen LogP contribution in [0.25, 0.3) is 0 Å². The van der Waals surface area contributed by atoms with Crippen LogP contribution < -0.4 is 5.32 Å². The molecule has 1 aliphatic heterocycles. The molecule has 4 heteroatoms. The average molecular weight is 290 g/mol. The zero-order valence-electron chi connectivity index (χ0n) is 12.7. The van der Waals surface area contributed by atoms with Gasteiger partial charge in [0, 0.05) is 11.6 Å². The van der Waals surface area contributed by atoms with E-state index in [1.807, 2.05) is 11.0 Å². The molecule has 1 saturated heterocycles. The summed E-state index contributed by atoms with van der Waals surface area (Å²) in [5.41, 5.74) is 0.578. The minimum Gasteiger partial charge on any atom is -0.318 e. The molecule has 1 aromatic carbocycles. The molecule has 4 unspecified atom stereocenters. The smallest absolute Gasteiger partial charge is 0.238 e. The van der Waals surface area contributed by atoms with Gasteiger partial charge in [0.15, 0.2) is 0 Å². The fourth-order valence-corrected chi connectivity index (χ4v) is 3.80. The first-order valence-corrected chi connectivity index (χ1v) is 7.88. The third-order valence-electron chi connectivity index (χ3n) is 5.23. The highest BCUT2D eigenvalue weighted by molar-refractivity contribution is 5.81. The van der Waals surface area contributed by atoms with Crippen molar-refractivity contribution in [3.8, 4) is 0 Å². The first-order valence-electron chi connectivity index (χ1n) is 7.88. The van der Waals surface area contributed by atoms with Crippen molar-refractivity contribution in [3.63, 3.8) is 0 Å². The number of halogens is 1. The molecule has 3 rings (SSSR count). The van der Waals surface area contributed by atoms with Crippen LogP contribution in [0.3, 0.4) is 0 Å². The van der Waals surface area contributed by atoms with E-state index >= 15 is 0 Å². The lowest BCUT2D eigenvalue weighted by molar-refractivity contribution is -0.132. The van der Waals surface area contributed by atoms with E-state index in [9.17, 15) is 9.18 Å². The van der Waals surface area contributed by atoms with Crippen LogP contribution in [0.4, 0.5) is 4.39 Å². The maximum atomic E-state index is 14.1. The molecule has 1 heterocycles. The number of carbonyl (C=O) groups excluding carboxylic acids is 1. The van der Waals surface area contributed by atoms with Gasteiger partial charge in [0.2, 0.25) is 5.91 Å². The molecule has 21 heavy (non-hydrogen) atoms. The summed E-state index contributed by atoms with van der Waals surface area (Å²) in [5.74, 6) is 0.913. The summed E-state index contributed by atoms with van der Waals surface area (Å²) in [6, 6.07) is 6.96. The standard InChI is InChI=1S/C17H23FN2O/c1-11-6-5-9-15(12(11)2)20-16(21)10-19-17(20)13-7-3-4-8-14(13)18/h3-4,7-8,11-12,15,17,19H,5-6,9-10H2,1-2H3. The van der Waals surface area contributed by atoms with Gasteiger partial charge in [-0.05, 0) is 24.3 Å². The molecule has 0 radical (unpaired) electrons. The van der Waals surface area contributed by atoms with E-state index in [0.29, 0.717) is 23.9 Å². The van der Waals surface area contributed by atoms with E-state index < -0.39 is 0 Å². The Balaban J connectivity index is 1.91. The predicted octanol–water partition coefficient (Wildman–Crippen LogP) is 3.08. The molecular weight excluding hydrogens is 267 g/mol. The number of hydrogen-bond acceptors (Lipinski definition) is 2. The van der Waals surface area contributed by atoms with Gasteiger partial charge in [0.1, 0.15) is 12.0 Å². The van der Waals surface area contributed by atoms with Crippen LogP contribution in [-0.2, 0) is 4.79 Å². The average Bonchev–Trinajstić information content (AvgIpc) is 2.84. The molecule has 2 fully saturated rings. The highest BCUT2D eigenvalue weighted by Crippen LogP contribution is 2.38. The maximum absolute atomic E-state index is 14.1. The van der Waals surface area contributed by atoms with E-state index in [1.54, 1.807) is 12.1 Å². The van der Waals surface area contributed by atoms with Crippen molar-refractivity contribution in [1.82, 2.24) is 10.2 Å². The van der Waals surface area contributed by atoms with E-state index in [2.05, 4.69) is 19.2 Å². The van der Waals surface area contributed by atoms with Crippen LogP contribution in [0.2, 0.25) is 0 Å². The lowest BCUT2D eigenvalue weighted by Crippen LogP contribution is -2.46. The van der Waals surface area contributed by atoms with Crippen molar-refractivity contribution in [2.75, 3.05) is 6.54 Å². The second-order valence-electron chi connectivity index (χ2n) is 6.44. The summed E-state index contributed by atoms with van der Waals surface area (Å²) >= 11 is 0. The zero-order chi connectivity index (χ0) is 15.0. The Morgan fingerprint density at radius 1 is 1.24 bits per heavy atom. The van der Waals surface area contributed by atoms with E-state index in [0.717, 1.165) is 12.8 Å². The van der Waals surface area contributed by atoms with Gasteiger partial charge in [0.25, 0.3) is 0 Å². The van der Waals surface area contributed by atoms with E-state index in [1.165, 1.54) is 12.5 Å². The second-order valence-corrected chi connectivity index (χ2v) is 6.44. The van der Waals surface area contributed by atoms with Gasteiger partial charge in [-0.2, -0.15) is 0 Å². The molecule has 0 aromatic heterocycles. The Morgan fingerprint density at radius 2 is 2.00 bits per heavy atom. The van der Waals surface area contributed by atoms with E-state index in [-0.39, 0.29) is 23.9 Å². The number of benzene rings is 1. The number of nitrogens with one attached hydrogen (secondary N) is 1. The van der Waals surface area contributed by atoms with Gasteiger partial charge in [-0.15, -0.1) is 0 Å². The quantitative estimate of drug-likeness (QED) is 0.908. The van der Waals surface area contributed by atoms with Crippen molar-refractivity contribution in [2.24, 2.45) is 11.8 Å². The molecule has 1 aliphatic carbocycles. The van der Waals surface area contributed by atoms with Gasteiger partial charge in [-0.3, -0.25) is 10.1 Å². The van der Waals surface area contributed by atoms with Gasteiger partial charge >= 0.3 is 0 Å². The van der Waals surface area contributed by atoms with Gasteiger partial charge in [-0.25, -0.2) is 4.39 Å². The first kappa shape index (κ1) is 14.5. The topological polar surface area (TPSA) is 32.3 Å². The van der Waals surface area contributed by atoms with Crippen LogP contribution in [0, 0.1) is 17.7 Å². The molecule has 4 atom stereocenters. The molecule has 2 aliphatic rings. The Kier molecular flexibility index (Phi) is 3.98. The Morgan fingerprint density at radius 3 is 2.76 bits per heavy atom. The minimum absolute atomic E-state index is 0.0919. The van der Waals surface area contributed by atoms with Crippen molar-refractivity contribution in [2.45, 2.75) is 45.3 Å². The zero-order valence-corrected chi connectivity index (χ0v) is 12.7. The van der Waals surface area contributed by atoms with Crippen molar-refractivity contribution in [3.05, 3.63) is 35.6 Å². The number of nitrogens with zero attached hydrogens (tertiary/aromatic N) is 1. The number of carbonyl (C=O) groups is 1. The lowest BCUT2D eigenvalue weighted by Gasteiger charge is -2.42. The normalized spacial score (nSPS) is 33.5.